The quantitative estimate of drug-likeness (QED) is 0.632. The van der Waals surface area contributed by atoms with Crippen molar-refractivity contribution in [2.75, 3.05) is 12.3 Å². The van der Waals surface area contributed by atoms with E-state index in [1.54, 1.807) is 18.2 Å². The molecule has 0 aromatic heterocycles. The third kappa shape index (κ3) is 4.93. The van der Waals surface area contributed by atoms with Crippen LogP contribution in [-0.2, 0) is 4.74 Å². The number of nitrogen functional groups attached to an aromatic ring is 1. The average molecular weight is 305 g/mol. The first-order valence-corrected chi connectivity index (χ1v) is 8.29. The highest BCUT2D eigenvalue weighted by Crippen LogP contribution is 2.26. The Morgan fingerprint density at radius 1 is 1.27 bits per heavy atom. The maximum Gasteiger partial charge on any atom is 0.338 e. The lowest BCUT2D eigenvalue weighted by atomic mass is 9.98. The number of ether oxygens (including phenoxy) is 2. The lowest BCUT2D eigenvalue weighted by Gasteiger charge is -2.22. The molecule has 0 atom stereocenters. The largest absolute Gasteiger partial charge is 0.491 e. The normalized spacial score (nSPS) is 15.8. The van der Waals surface area contributed by atoms with Crippen molar-refractivity contribution >= 4 is 11.7 Å². The van der Waals surface area contributed by atoms with Gasteiger partial charge in [-0.05, 0) is 56.2 Å². The molecule has 2 rings (SSSR count). The zero-order valence-corrected chi connectivity index (χ0v) is 13.6. The van der Waals surface area contributed by atoms with E-state index in [0.717, 1.165) is 32.1 Å². The van der Waals surface area contributed by atoms with E-state index in [2.05, 4.69) is 13.8 Å². The van der Waals surface area contributed by atoms with Gasteiger partial charge in [0.25, 0.3) is 0 Å². The van der Waals surface area contributed by atoms with Gasteiger partial charge in [-0.25, -0.2) is 4.79 Å². The van der Waals surface area contributed by atoms with E-state index < -0.39 is 0 Å². The topological polar surface area (TPSA) is 61.5 Å². The minimum atomic E-state index is -0.277. The van der Waals surface area contributed by atoms with Crippen molar-refractivity contribution in [3.8, 4) is 5.75 Å². The molecule has 0 amide bonds. The van der Waals surface area contributed by atoms with E-state index in [1.165, 1.54) is 6.42 Å². The van der Waals surface area contributed by atoms with Gasteiger partial charge in [0.05, 0.1) is 17.9 Å². The predicted octanol–water partition coefficient (Wildman–Crippen LogP) is 4.18. The Hall–Kier alpha value is -1.71. The zero-order valence-electron chi connectivity index (χ0n) is 13.6. The fourth-order valence-electron chi connectivity index (χ4n) is 2.59. The molecule has 1 aromatic rings. The van der Waals surface area contributed by atoms with Crippen LogP contribution in [0, 0.1) is 5.92 Å². The number of carbonyl (C=O) groups is 1. The van der Waals surface area contributed by atoms with Crippen LogP contribution in [0.2, 0.25) is 0 Å². The number of benzene rings is 1. The third-order valence-electron chi connectivity index (χ3n) is 4.03. The molecule has 1 aromatic carbocycles. The second kappa shape index (κ2) is 8.06. The van der Waals surface area contributed by atoms with Gasteiger partial charge in [-0.2, -0.15) is 0 Å². The first kappa shape index (κ1) is 16.7. The van der Waals surface area contributed by atoms with Crippen molar-refractivity contribution in [1.82, 2.24) is 0 Å². The molecule has 0 heterocycles. The Kier molecular flexibility index (Phi) is 6.10. The van der Waals surface area contributed by atoms with Crippen molar-refractivity contribution in [3.05, 3.63) is 23.8 Å². The summed E-state index contributed by atoms with van der Waals surface area (Å²) in [5, 5.41) is 0. The summed E-state index contributed by atoms with van der Waals surface area (Å²) in [5.74, 6) is 0.861. The summed E-state index contributed by atoms with van der Waals surface area (Å²) in [6, 6.07) is 5.11. The molecule has 0 bridgehead atoms. The number of anilines is 1. The van der Waals surface area contributed by atoms with Gasteiger partial charge in [-0.3, -0.25) is 0 Å². The average Bonchev–Trinajstić information content (AvgIpc) is 2.49. The van der Waals surface area contributed by atoms with E-state index in [0.29, 0.717) is 29.5 Å². The lowest BCUT2D eigenvalue weighted by molar-refractivity contribution is 0.0210. The molecular formula is C18H27NO3. The van der Waals surface area contributed by atoms with Crippen LogP contribution in [0.4, 0.5) is 5.69 Å². The number of hydrogen-bond acceptors (Lipinski definition) is 4. The number of esters is 1. The van der Waals surface area contributed by atoms with E-state index in [1.807, 2.05) is 0 Å². The summed E-state index contributed by atoms with van der Waals surface area (Å²) in [4.78, 5) is 12.2. The minimum absolute atomic E-state index is 0.0594. The lowest BCUT2D eigenvalue weighted by Crippen LogP contribution is -2.21. The number of hydrogen-bond donors (Lipinski definition) is 1. The van der Waals surface area contributed by atoms with Crippen LogP contribution in [0.25, 0.3) is 0 Å². The molecular weight excluding hydrogens is 278 g/mol. The van der Waals surface area contributed by atoms with Gasteiger partial charge in [0, 0.05) is 0 Å². The monoisotopic (exact) mass is 305 g/mol. The van der Waals surface area contributed by atoms with Crippen LogP contribution in [0.5, 0.6) is 5.75 Å². The Balaban J connectivity index is 1.96. The molecule has 0 unspecified atom stereocenters. The fraction of sp³-hybridized carbons (Fsp3) is 0.611. The Morgan fingerprint density at radius 3 is 2.68 bits per heavy atom. The molecule has 1 fully saturated rings. The molecule has 0 saturated heterocycles. The van der Waals surface area contributed by atoms with Crippen molar-refractivity contribution in [1.29, 1.82) is 0 Å². The molecule has 1 aliphatic carbocycles. The SMILES string of the molecule is CC(C)CCOc1cc(C(=O)OC2CCCCC2)ccc1N. The van der Waals surface area contributed by atoms with Gasteiger partial charge < -0.3 is 15.2 Å². The van der Waals surface area contributed by atoms with E-state index in [9.17, 15) is 4.79 Å². The standard InChI is InChI=1S/C18H27NO3/c1-13(2)10-11-21-17-12-14(8-9-16(17)19)18(20)22-15-6-4-3-5-7-15/h8-9,12-13,15H,3-7,10-11,19H2,1-2H3. The minimum Gasteiger partial charge on any atom is -0.491 e. The Labute approximate surface area is 133 Å². The van der Waals surface area contributed by atoms with E-state index in [4.69, 9.17) is 15.2 Å². The van der Waals surface area contributed by atoms with E-state index >= 15 is 0 Å². The molecule has 1 aliphatic rings. The van der Waals surface area contributed by atoms with Crippen molar-refractivity contribution < 1.29 is 14.3 Å². The van der Waals surface area contributed by atoms with Gasteiger partial charge in [-0.1, -0.05) is 20.3 Å². The molecule has 2 N–H and O–H groups in total. The predicted molar refractivity (Wildman–Crippen MR) is 88.1 cm³/mol. The highest BCUT2D eigenvalue weighted by molar-refractivity contribution is 5.90. The molecule has 0 aliphatic heterocycles. The first-order chi connectivity index (χ1) is 10.6. The first-order valence-electron chi connectivity index (χ1n) is 8.29. The molecule has 0 radical (unpaired) electrons. The maximum atomic E-state index is 12.2. The molecule has 1 saturated carbocycles. The van der Waals surface area contributed by atoms with Crippen LogP contribution in [-0.4, -0.2) is 18.7 Å². The molecule has 0 spiro atoms. The van der Waals surface area contributed by atoms with Gasteiger partial charge in [0.15, 0.2) is 0 Å². The second-order valence-electron chi connectivity index (χ2n) is 6.45. The molecule has 4 nitrogen and oxygen atoms in total. The Morgan fingerprint density at radius 2 is 2.00 bits per heavy atom. The fourth-order valence-corrected chi connectivity index (χ4v) is 2.59. The smallest absolute Gasteiger partial charge is 0.338 e. The number of nitrogens with two attached hydrogens (primary N) is 1. The van der Waals surface area contributed by atoms with Crippen LogP contribution in [0.3, 0.4) is 0 Å². The van der Waals surface area contributed by atoms with Gasteiger partial charge in [0.1, 0.15) is 11.9 Å². The second-order valence-corrected chi connectivity index (χ2v) is 6.45. The van der Waals surface area contributed by atoms with Gasteiger partial charge in [-0.15, -0.1) is 0 Å². The number of rotatable bonds is 6. The van der Waals surface area contributed by atoms with Crippen LogP contribution >= 0.6 is 0 Å². The van der Waals surface area contributed by atoms with Crippen LogP contribution in [0.1, 0.15) is 62.7 Å². The number of carbonyl (C=O) groups excluding carboxylic acids is 1. The van der Waals surface area contributed by atoms with E-state index in [-0.39, 0.29) is 12.1 Å². The third-order valence-corrected chi connectivity index (χ3v) is 4.03. The maximum absolute atomic E-state index is 12.2. The molecule has 4 heteroatoms. The van der Waals surface area contributed by atoms with Crippen LogP contribution < -0.4 is 10.5 Å². The van der Waals surface area contributed by atoms with Crippen molar-refractivity contribution in [3.63, 3.8) is 0 Å². The van der Waals surface area contributed by atoms with Crippen LogP contribution in [0.15, 0.2) is 18.2 Å². The summed E-state index contributed by atoms with van der Waals surface area (Å²) in [6.07, 6.45) is 6.48. The molecule has 122 valence electrons. The summed E-state index contributed by atoms with van der Waals surface area (Å²) in [6.45, 7) is 4.89. The summed E-state index contributed by atoms with van der Waals surface area (Å²) in [7, 11) is 0. The van der Waals surface area contributed by atoms with Crippen molar-refractivity contribution in [2.45, 2.75) is 58.5 Å². The van der Waals surface area contributed by atoms with Gasteiger partial charge >= 0.3 is 5.97 Å². The highest BCUT2D eigenvalue weighted by Gasteiger charge is 2.19. The van der Waals surface area contributed by atoms with Gasteiger partial charge in [0.2, 0.25) is 0 Å². The summed E-state index contributed by atoms with van der Waals surface area (Å²) in [5.41, 5.74) is 6.98. The summed E-state index contributed by atoms with van der Waals surface area (Å²) < 4.78 is 11.3. The summed E-state index contributed by atoms with van der Waals surface area (Å²) >= 11 is 0. The van der Waals surface area contributed by atoms with Crippen molar-refractivity contribution in [2.24, 2.45) is 5.92 Å². The zero-order chi connectivity index (χ0) is 15.9. The molecule has 22 heavy (non-hydrogen) atoms. The Bertz CT molecular complexity index is 493. The highest BCUT2D eigenvalue weighted by atomic mass is 16.5.